The van der Waals surface area contributed by atoms with Crippen molar-refractivity contribution in [2.75, 3.05) is 13.2 Å². The molecule has 0 spiro atoms. The summed E-state index contributed by atoms with van der Waals surface area (Å²) in [7, 11) is -4.78. The molecule has 0 unspecified atom stereocenters. The van der Waals surface area contributed by atoms with Crippen LogP contribution in [0.4, 0.5) is 0 Å². The monoisotopic (exact) mass is 708 g/mol. The SMILES string of the molecule is CC/C=C\C/C=C\C/C=C\CCCCCCCC(=O)OC[C@H](COP(=O)(O)O)OC(=O)CCCCCCC/C=C\C=C\C(=O)CCCCC. The van der Waals surface area contributed by atoms with Gasteiger partial charge in [-0.3, -0.25) is 18.9 Å². The molecule has 0 aromatic heterocycles. The predicted octanol–water partition coefficient (Wildman–Crippen LogP) is 10.1. The maximum Gasteiger partial charge on any atom is 0.469 e. The molecule has 0 rings (SSSR count). The number of rotatable bonds is 33. The summed E-state index contributed by atoms with van der Waals surface area (Å²) >= 11 is 0. The Morgan fingerprint density at radius 3 is 1.80 bits per heavy atom. The lowest BCUT2D eigenvalue weighted by atomic mass is 10.1. The van der Waals surface area contributed by atoms with Gasteiger partial charge in [-0.1, -0.05) is 120 Å². The molecular formula is C39H65O9P. The fourth-order valence-electron chi connectivity index (χ4n) is 4.72. The summed E-state index contributed by atoms with van der Waals surface area (Å²) in [6.45, 7) is 3.35. The first-order chi connectivity index (χ1) is 23.7. The van der Waals surface area contributed by atoms with E-state index < -0.39 is 32.5 Å². The van der Waals surface area contributed by atoms with E-state index in [-0.39, 0.29) is 25.2 Å². The molecule has 0 radical (unpaired) electrons. The molecule has 0 aliphatic carbocycles. The van der Waals surface area contributed by atoms with Crippen LogP contribution < -0.4 is 0 Å². The van der Waals surface area contributed by atoms with Crippen molar-refractivity contribution in [3.63, 3.8) is 0 Å². The van der Waals surface area contributed by atoms with Gasteiger partial charge in [-0.25, -0.2) is 4.57 Å². The summed E-state index contributed by atoms with van der Waals surface area (Å²) in [6.07, 6.45) is 37.8. The third-order valence-electron chi connectivity index (χ3n) is 7.50. The number of esters is 2. The van der Waals surface area contributed by atoms with Crippen LogP contribution in [0.2, 0.25) is 0 Å². The van der Waals surface area contributed by atoms with Crippen LogP contribution in [-0.4, -0.2) is 46.8 Å². The number of unbranched alkanes of at least 4 members (excludes halogenated alkanes) is 12. The molecule has 280 valence electrons. The minimum Gasteiger partial charge on any atom is -0.462 e. The third kappa shape index (κ3) is 36.5. The minimum atomic E-state index is -4.78. The number of phosphoric acid groups is 1. The van der Waals surface area contributed by atoms with Crippen LogP contribution in [0.25, 0.3) is 0 Å². The largest absolute Gasteiger partial charge is 0.469 e. The van der Waals surface area contributed by atoms with Gasteiger partial charge in [0.1, 0.15) is 6.61 Å². The Hall–Kier alpha value is -2.58. The molecule has 0 saturated heterocycles. The molecule has 0 bridgehead atoms. The van der Waals surface area contributed by atoms with Crippen LogP contribution in [0.15, 0.2) is 60.8 Å². The summed E-state index contributed by atoms with van der Waals surface area (Å²) in [6, 6.07) is 0. The molecule has 0 amide bonds. The predicted molar refractivity (Wildman–Crippen MR) is 198 cm³/mol. The number of allylic oxidation sites excluding steroid dienone is 10. The fourth-order valence-corrected chi connectivity index (χ4v) is 5.08. The molecule has 0 aliphatic heterocycles. The molecule has 0 aromatic rings. The van der Waals surface area contributed by atoms with Crippen molar-refractivity contribution in [2.24, 2.45) is 0 Å². The average molecular weight is 709 g/mol. The second-order valence-corrected chi connectivity index (χ2v) is 13.4. The number of phosphoric ester groups is 1. The Balaban J connectivity index is 4.09. The number of carbonyl (C=O) groups excluding carboxylic acids is 3. The summed E-state index contributed by atoms with van der Waals surface area (Å²) in [5, 5.41) is 0. The molecule has 0 fully saturated rings. The number of ether oxygens (including phenoxy) is 2. The van der Waals surface area contributed by atoms with E-state index in [4.69, 9.17) is 19.3 Å². The molecule has 10 heteroatoms. The first-order valence-corrected chi connectivity index (χ1v) is 20.1. The van der Waals surface area contributed by atoms with Crippen LogP contribution in [0.5, 0.6) is 0 Å². The lowest BCUT2D eigenvalue weighted by Gasteiger charge is -2.18. The van der Waals surface area contributed by atoms with E-state index in [0.29, 0.717) is 19.3 Å². The van der Waals surface area contributed by atoms with E-state index in [2.05, 4.69) is 60.9 Å². The van der Waals surface area contributed by atoms with E-state index in [1.54, 1.807) is 12.2 Å². The zero-order valence-corrected chi connectivity index (χ0v) is 31.2. The van der Waals surface area contributed by atoms with Crippen molar-refractivity contribution in [1.82, 2.24) is 0 Å². The first kappa shape index (κ1) is 46.4. The third-order valence-corrected chi connectivity index (χ3v) is 7.98. The molecule has 0 aromatic carbocycles. The topological polar surface area (TPSA) is 136 Å². The summed E-state index contributed by atoms with van der Waals surface area (Å²) in [5.41, 5.74) is 0. The van der Waals surface area contributed by atoms with E-state index >= 15 is 0 Å². The lowest BCUT2D eigenvalue weighted by molar-refractivity contribution is -0.161. The van der Waals surface area contributed by atoms with E-state index in [9.17, 15) is 18.9 Å². The minimum absolute atomic E-state index is 0.154. The van der Waals surface area contributed by atoms with Crippen molar-refractivity contribution in [1.29, 1.82) is 0 Å². The van der Waals surface area contributed by atoms with Gasteiger partial charge in [-0.15, -0.1) is 0 Å². The zero-order valence-electron chi connectivity index (χ0n) is 30.3. The zero-order chi connectivity index (χ0) is 36.3. The summed E-state index contributed by atoms with van der Waals surface area (Å²) in [5.74, 6) is -0.805. The smallest absolute Gasteiger partial charge is 0.462 e. The molecule has 0 aliphatic rings. The molecular weight excluding hydrogens is 643 g/mol. The Morgan fingerprint density at radius 2 is 1.16 bits per heavy atom. The molecule has 1 atom stereocenters. The highest BCUT2D eigenvalue weighted by Gasteiger charge is 2.22. The highest BCUT2D eigenvalue weighted by Crippen LogP contribution is 2.36. The van der Waals surface area contributed by atoms with Crippen LogP contribution in [-0.2, 0) is 32.9 Å². The molecule has 49 heavy (non-hydrogen) atoms. The van der Waals surface area contributed by atoms with Gasteiger partial charge in [-0.2, -0.15) is 0 Å². The van der Waals surface area contributed by atoms with E-state index in [1.165, 1.54) is 0 Å². The van der Waals surface area contributed by atoms with E-state index in [0.717, 1.165) is 103 Å². The number of carbonyl (C=O) groups is 3. The van der Waals surface area contributed by atoms with Crippen molar-refractivity contribution >= 4 is 25.5 Å². The fraction of sp³-hybridized carbons (Fsp3) is 0.667. The molecule has 0 heterocycles. The van der Waals surface area contributed by atoms with Gasteiger partial charge in [0, 0.05) is 19.3 Å². The van der Waals surface area contributed by atoms with Gasteiger partial charge in [0.05, 0.1) is 6.61 Å². The van der Waals surface area contributed by atoms with Gasteiger partial charge >= 0.3 is 19.8 Å². The summed E-state index contributed by atoms with van der Waals surface area (Å²) in [4.78, 5) is 54.4. The number of hydrogen-bond donors (Lipinski definition) is 2. The van der Waals surface area contributed by atoms with Crippen molar-refractivity contribution < 1.29 is 42.7 Å². The lowest BCUT2D eigenvalue weighted by Crippen LogP contribution is -2.29. The highest BCUT2D eigenvalue weighted by atomic mass is 31.2. The van der Waals surface area contributed by atoms with Gasteiger partial charge in [0.25, 0.3) is 0 Å². The molecule has 0 saturated carbocycles. The van der Waals surface area contributed by atoms with Gasteiger partial charge in [0.2, 0.25) is 0 Å². The van der Waals surface area contributed by atoms with Crippen LogP contribution >= 0.6 is 7.82 Å². The Morgan fingerprint density at radius 1 is 0.612 bits per heavy atom. The van der Waals surface area contributed by atoms with Gasteiger partial charge < -0.3 is 19.3 Å². The van der Waals surface area contributed by atoms with Gasteiger partial charge in [-0.05, 0) is 70.3 Å². The number of ketones is 1. The second-order valence-electron chi connectivity index (χ2n) is 12.2. The standard InChI is InChI=1S/C39H65O9P/c1-3-5-7-8-9-10-11-12-13-14-15-18-21-24-28-32-38(41)46-34-37(35-47-49(43,44)45)48-39(42)33-29-25-22-19-16-17-20-23-27-31-36(40)30-26-6-4-2/h5,7,9-10,12-13,20,23,27,31,37H,3-4,6,8,11,14-19,21-22,24-26,28-30,32-35H2,1-2H3,(H2,43,44,45)/b7-5-,10-9-,13-12-,23-20-,31-27+/t37-/m1/s1. The van der Waals surface area contributed by atoms with Crippen molar-refractivity contribution in [3.8, 4) is 0 Å². The van der Waals surface area contributed by atoms with Crippen LogP contribution in [0.3, 0.4) is 0 Å². The highest BCUT2D eigenvalue weighted by molar-refractivity contribution is 7.46. The Labute approximate surface area is 296 Å². The normalized spacial score (nSPS) is 13.1. The van der Waals surface area contributed by atoms with Crippen LogP contribution in [0.1, 0.15) is 149 Å². The average Bonchev–Trinajstić information content (AvgIpc) is 3.06. The first-order valence-electron chi connectivity index (χ1n) is 18.5. The van der Waals surface area contributed by atoms with E-state index in [1.807, 2.05) is 6.08 Å². The van der Waals surface area contributed by atoms with Crippen molar-refractivity contribution in [3.05, 3.63) is 60.8 Å². The Kier molecular flexibility index (Phi) is 32.1. The second kappa shape index (κ2) is 33.9. The maximum absolute atomic E-state index is 12.3. The maximum atomic E-state index is 12.3. The molecule has 9 nitrogen and oxygen atoms in total. The molecule has 2 N–H and O–H groups in total. The Bertz CT molecular complexity index is 1040. The van der Waals surface area contributed by atoms with Crippen molar-refractivity contribution in [2.45, 2.75) is 155 Å². The quantitative estimate of drug-likeness (QED) is 0.0170. The summed E-state index contributed by atoms with van der Waals surface area (Å²) < 4.78 is 26.2. The number of hydrogen-bond acceptors (Lipinski definition) is 7. The van der Waals surface area contributed by atoms with Gasteiger partial charge in [0.15, 0.2) is 11.9 Å². The van der Waals surface area contributed by atoms with Crippen LogP contribution in [0, 0.1) is 0 Å².